The highest BCUT2D eigenvalue weighted by Crippen LogP contribution is 2.36. The van der Waals surface area contributed by atoms with E-state index >= 15 is 0 Å². The molecule has 7 heteroatoms. The molecule has 180 valence electrons. The highest BCUT2D eigenvalue weighted by atomic mass is 32.2. The largest absolute Gasteiger partial charge is 0.338 e. The maximum Gasteiger partial charge on any atom is 0.259 e. The fourth-order valence-corrected chi connectivity index (χ4v) is 6.48. The highest BCUT2D eigenvalue weighted by molar-refractivity contribution is 7.85. The van der Waals surface area contributed by atoms with Gasteiger partial charge in [-0.25, -0.2) is 8.60 Å². The molecular formula is C28H27FN2O3S. The van der Waals surface area contributed by atoms with Crippen LogP contribution in [0.1, 0.15) is 46.5 Å². The van der Waals surface area contributed by atoms with Crippen LogP contribution in [-0.4, -0.2) is 34.0 Å². The Kier molecular flexibility index (Phi) is 6.28. The first-order valence-electron chi connectivity index (χ1n) is 11.8. The van der Waals surface area contributed by atoms with E-state index in [2.05, 4.69) is 13.8 Å². The first-order chi connectivity index (χ1) is 16.8. The van der Waals surface area contributed by atoms with Crippen LogP contribution in [0.25, 0.3) is 0 Å². The molecule has 0 bridgehead atoms. The number of benzene rings is 3. The molecule has 0 saturated carbocycles. The third-order valence-corrected chi connectivity index (χ3v) is 8.17. The molecule has 0 aliphatic carbocycles. The van der Waals surface area contributed by atoms with Gasteiger partial charge in [0.25, 0.3) is 11.8 Å². The number of anilines is 1. The van der Waals surface area contributed by atoms with Gasteiger partial charge in [-0.3, -0.25) is 9.59 Å². The van der Waals surface area contributed by atoms with Crippen molar-refractivity contribution >= 4 is 28.3 Å². The zero-order chi connectivity index (χ0) is 24.7. The third kappa shape index (κ3) is 4.52. The van der Waals surface area contributed by atoms with Crippen molar-refractivity contribution in [3.05, 3.63) is 89.2 Å². The minimum absolute atomic E-state index is 0.0899. The van der Waals surface area contributed by atoms with E-state index in [9.17, 15) is 18.2 Å². The summed E-state index contributed by atoms with van der Waals surface area (Å²) in [5.74, 6) is 0.0830. The van der Waals surface area contributed by atoms with Gasteiger partial charge in [-0.2, -0.15) is 0 Å². The predicted molar refractivity (Wildman–Crippen MR) is 133 cm³/mol. The Morgan fingerprint density at radius 3 is 2.37 bits per heavy atom. The Hall–Kier alpha value is -3.32. The molecule has 3 atom stereocenters. The summed E-state index contributed by atoms with van der Waals surface area (Å²) in [7, 11) is -1.60. The lowest BCUT2D eigenvalue weighted by molar-refractivity contribution is 0.0623. The molecule has 0 radical (unpaired) electrons. The lowest BCUT2D eigenvalue weighted by Crippen LogP contribution is -2.42. The maximum atomic E-state index is 13.7. The summed E-state index contributed by atoms with van der Waals surface area (Å²) in [6, 6.07) is 17.9. The summed E-state index contributed by atoms with van der Waals surface area (Å²) in [6.07, 6.45) is 1.09. The average molecular weight is 491 g/mol. The minimum Gasteiger partial charge on any atom is -0.338 e. The molecule has 1 fully saturated rings. The van der Waals surface area contributed by atoms with Crippen LogP contribution >= 0.6 is 0 Å². The first kappa shape index (κ1) is 23.4. The van der Waals surface area contributed by atoms with E-state index < -0.39 is 10.8 Å². The summed E-state index contributed by atoms with van der Waals surface area (Å²) in [5.41, 5.74) is 1.99. The van der Waals surface area contributed by atoms with Crippen LogP contribution in [0.2, 0.25) is 0 Å². The number of piperidine rings is 1. The Labute approximate surface area is 207 Å². The van der Waals surface area contributed by atoms with E-state index in [4.69, 9.17) is 0 Å². The number of carbonyl (C=O) groups excluding carboxylic acids is 2. The fraction of sp³-hybridized carbons (Fsp3) is 0.286. The summed E-state index contributed by atoms with van der Waals surface area (Å²) in [6.45, 7) is 5.84. The molecule has 2 heterocycles. The van der Waals surface area contributed by atoms with Gasteiger partial charge in [-0.15, -0.1) is 0 Å². The molecule has 3 aromatic carbocycles. The summed E-state index contributed by atoms with van der Waals surface area (Å²) in [4.78, 5) is 31.5. The number of fused-ring (bicyclic) bond motifs is 2. The second-order valence-corrected chi connectivity index (χ2v) is 11.0. The quantitative estimate of drug-likeness (QED) is 0.503. The zero-order valence-electron chi connectivity index (χ0n) is 19.7. The predicted octanol–water partition coefficient (Wildman–Crippen LogP) is 5.27. The van der Waals surface area contributed by atoms with Crippen molar-refractivity contribution in [3.63, 3.8) is 0 Å². The van der Waals surface area contributed by atoms with E-state index in [1.54, 1.807) is 59.5 Å². The smallest absolute Gasteiger partial charge is 0.259 e. The molecule has 1 saturated heterocycles. The van der Waals surface area contributed by atoms with Gasteiger partial charge in [0.15, 0.2) is 0 Å². The van der Waals surface area contributed by atoms with Gasteiger partial charge in [0, 0.05) is 18.7 Å². The molecule has 2 aliphatic heterocycles. The highest BCUT2D eigenvalue weighted by Gasteiger charge is 2.33. The van der Waals surface area contributed by atoms with Gasteiger partial charge in [0.2, 0.25) is 0 Å². The Morgan fingerprint density at radius 1 is 0.971 bits per heavy atom. The van der Waals surface area contributed by atoms with Crippen molar-refractivity contribution in [1.29, 1.82) is 0 Å². The molecular weight excluding hydrogens is 463 g/mol. The number of carbonyl (C=O) groups is 2. The Bertz CT molecular complexity index is 1310. The van der Waals surface area contributed by atoms with Crippen molar-refractivity contribution in [2.45, 2.75) is 36.6 Å². The Morgan fingerprint density at radius 2 is 1.66 bits per heavy atom. The summed E-state index contributed by atoms with van der Waals surface area (Å²) < 4.78 is 27.1. The van der Waals surface area contributed by atoms with Crippen LogP contribution in [0.15, 0.2) is 76.5 Å². The first-order valence-corrected chi connectivity index (χ1v) is 13.0. The lowest BCUT2D eigenvalue weighted by Gasteiger charge is -2.35. The van der Waals surface area contributed by atoms with Gasteiger partial charge < -0.3 is 9.80 Å². The number of amides is 2. The standard InChI is InChI=1S/C28H27FN2O3S/c1-18-13-19(2)16-30(15-18)27(32)21-9-12-26-24(14-21)31(17-20-7-10-22(29)11-8-20)28(33)23-5-3-4-6-25(23)35(26)34/h3-12,14,18-19H,13,15-17H2,1-2H3/t18-,19+,35-/m0/s1. The number of rotatable bonds is 3. The van der Waals surface area contributed by atoms with Crippen molar-refractivity contribution in [2.75, 3.05) is 18.0 Å². The van der Waals surface area contributed by atoms with Crippen LogP contribution in [-0.2, 0) is 17.3 Å². The summed E-state index contributed by atoms with van der Waals surface area (Å²) in [5, 5.41) is 0. The SMILES string of the molecule is C[C@@H]1C[C@H](C)CN(C(=O)c2ccc3c(c2)N(Cc2ccc(F)cc2)C(=O)c2ccccc2[S@@]3=O)C1. The van der Waals surface area contributed by atoms with E-state index in [1.165, 1.54) is 12.1 Å². The maximum absolute atomic E-state index is 13.7. The van der Waals surface area contributed by atoms with E-state index in [-0.39, 0.29) is 24.2 Å². The van der Waals surface area contributed by atoms with Crippen LogP contribution in [0.5, 0.6) is 0 Å². The second kappa shape index (κ2) is 9.38. The second-order valence-electron chi connectivity index (χ2n) is 9.62. The van der Waals surface area contributed by atoms with Gasteiger partial charge in [-0.1, -0.05) is 38.1 Å². The number of hydrogen-bond donors (Lipinski definition) is 0. The Balaban J connectivity index is 1.60. The van der Waals surface area contributed by atoms with Crippen LogP contribution in [0, 0.1) is 17.7 Å². The van der Waals surface area contributed by atoms with Crippen molar-refractivity contribution in [1.82, 2.24) is 4.90 Å². The van der Waals surface area contributed by atoms with Crippen molar-refractivity contribution < 1.29 is 18.2 Å². The molecule has 2 aliphatic rings. The molecule has 5 nitrogen and oxygen atoms in total. The van der Waals surface area contributed by atoms with E-state index in [1.807, 2.05) is 4.90 Å². The molecule has 0 spiro atoms. The summed E-state index contributed by atoms with van der Waals surface area (Å²) >= 11 is 0. The third-order valence-electron chi connectivity index (χ3n) is 6.67. The van der Waals surface area contributed by atoms with Gasteiger partial charge in [0.05, 0.1) is 38.4 Å². The van der Waals surface area contributed by atoms with Crippen LogP contribution < -0.4 is 4.90 Å². The van der Waals surface area contributed by atoms with Gasteiger partial charge in [0.1, 0.15) is 5.82 Å². The molecule has 35 heavy (non-hydrogen) atoms. The van der Waals surface area contributed by atoms with E-state index in [0.717, 1.165) is 12.0 Å². The monoisotopic (exact) mass is 490 g/mol. The number of halogens is 1. The van der Waals surface area contributed by atoms with Crippen molar-refractivity contribution in [3.8, 4) is 0 Å². The zero-order valence-corrected chi connectivity index (χ0v) is 20.6. The molecule has 0 N–H and O–H groups in total. The molecule has 0 unspecified atom stereocenters. The average Bonchev–Trinajstić information content (AvgIpc) is 2.93. The molecule has 2 amide bonds. The topological polar surface area (TPSA) is 57.7 Å². The molecule has 0 aromatic heterocycles. The molecule has 5 rings (SSSR count). The van der Waals surface area contributed by atoms with Crippen molar-refractivity contribution in [2.24, 2.45) is 11.8 Å². The van der Waals surface area contributed by atoms with Gasteiger partial charge >= 0.3 is 0 Å². The number of likely N-dealkylation sites (tertiary alicyclic amines) is 1. The van der Waals surface area contributed by atoms with E-state index in [0.29, 0.717) is 51.5 Å². The number of nitrogens with zero attached hydrogens (tertiary/aromatic N) is 2. The minimum atomic E-state index is -1.60. The normalized spacial score (nSPS) is 21.8. The van der Waals surface area contributed by atoms with Gasteiger partial charge in [-0.05, 0) is 66.3 Å². The van der Waals surface area contributed by atoms with Crippen LogP contribution in [0.4, 0.5) is 10.1 Å². The fourth-order valence-electron chi connectivity index (χ4n) is 5.14. The van der Waals surface area contributed by atoms with Crippen LogP contribution in [0.3, 0.4) is 0 Å². The lowest BCUT2D eigenvalue weighted by atomic mass is 9.91. The number of hydrogen-bond acceptors (Lipinski definition) is 3. The molecule has 3 aromatic rings.